The van der Waals surface area contributed by atoms with E-state index in [0.29, 0.717) is 30.0 Å². The van der Waals surface area contributed by atoms with Crippen LogP contribution < -0.4 is 4.74 Å². The van der Waals surface area contributed by atoms with Gasteiger partial charge in [0.1, 0.15) is 18.1 Å². The quantitative estimate of drug-likeness (QED) is 0.567. The van der Waals surface area contributed by atoms with Gasteiger partial charge in [0.2, 0.25) is 0 Å². The Balaban J connectivity index is 2.09. The van der Waals surface area contributed by atoms with Gasteiger partial charge >= 0.3 is 5.97 Å². The number of nitrogens with zero attached hydrogens (tertiary/aromatic N) is 1. The Kier molecular flexibility index (Phi) is 6.06. The molecule has 1 aromatic rings. The normalized spacial score (nSPS) is 22.2. The molecule has 1 aliphatic carbocycles. The van der Waals surface area contributed by atoms with Gasteiger partial charge in [-0.05, 0) is 25.8 Å². The van der Waals surface area contributed by atoms with Gasteiger partial charge in [0.05, 0.1) is 25.2 Å². The van der Waals surface area contributed by atoms with Crippen LogP contribution in [-0.4, -0.2) is 44.9 Å². The first kappa shape index (κ1) is 19.3. The zero-order valence-corrected chi connectivity index (χ0v) is 16.0. The number of allylic oxidation sites excluding steroid dienone is 1. The molecule has 144 valence electrons. The molecule has 1 fully saturated rings. The molecular formula is C21H25NO5. The van der Waals surface area contributed by atoms with E-state index in [2.05, 4.69) is 4.99 Å². The maximum absolute atomic E-state index is 12.9. The van der Waals surface area contributed by atoms with Gasteiger partial charge < -0.3 is 14.2 Å². The number of benzene rings is 1. The average molecular weight is 371 g/mol. The molecule has 0 radical (unpaired) electrons. The third kappa shape index (κ3) is 3.81. The smallest absolute Gasteiger partial charge is 0.336 e. The number of aliphatic imine (C=N–C) groups is 1. The third-order valence-electron chi connectivity index (χ3n) is 5.12. The van der Waals surface area contributed by atoms with Gasteiger partial charge in [-0.25, -0.2) is 4.79 Å². The van der Waals surface area contributed by atoms with Crippen molar-refractivity contribution >= 4 is 17.5 Å². The van der Waals surface area contributed by atoms with Gasteiger partial charge in [-0.15, -0.1) is 0 Å². The molecule has 6 heteroatoms. The number of fused-ring (bicyclic) bond motifs is 1. The SMILES string of the molecule is COCCOC(=O)C1=C(C)N=C2CCCC(=O)C2C1c1ccccc1OC. The van der Waals surface area contributed by atoms with Crippen molar-refractivity contribution < 1.29 is 23.8 Å². The summed E-state index contributed by atoms with van der Waals surface area (Å²) in [5.41, 5.74) is 2.70. The lowest BCUT2D eigenvalue weighted by atomic mass is 9.69. The molecule has 0 N–H and O–H groups in total. The summed E-state index contributed by atoms with van der Waals surface area (Å²) in [5, 5.41) is 0. The van der Waals surface area contributed by atoms with E-state index in [9.17, 15) is 9.59 Å². The van der Waals surface area contributed by atoms with E-state index in [1.54, 1.807) is 21.1 Å². The summed E-state index contributed by atoms with van der Waals surface area (Å²) in [6, 6.07) is 7.51. The van der Waals surface area contributed by atoms with Crippen LogP contribution in [0.1, 0.15) is 37.7 Å². The first-order chi connectivity index (χ1) is 13.1. The first-order valence-corrected chi connectivity index (χ1v) is 9.18. The van der Waals surface area contributed by atoms with E-state index in [-0.39, 0.29) is 12.4 Å². The molecule has 2 unspecified atom stereocenters. The summed E-state index contributed by atoms with van der Waals surface area (Å²) in [7, 11) is 3.14. The Morgan fingerprint density at radius 1 is 1.15 bits per heavy atom. The van der Waals surface area contributed by atoms with Crippen LogP contribution in [0.25, 0.3) is 0 Å². The zero-order valence-electron chi connectivity index (χ0n) is 16.0. The summed E-state index contributed by atoms with van der Waals surface area (Å²) >= 11 is 0. The summed E-state index contributed by atoms with van der Waals surface area (Å²) in [4.78, 5) is 30.3. The fourth-order valence-electron chi connectivity index (χ4n) is 3.94. The lowest BCUT2D eigenvalue weighted by Gasteiger charge is -2.36. The number of rotatable bonds is 6. The standard InChI is InChI=1S/C21H25NO5/c1-13-18(21(24)27-12-11-25-2)19(14-7-4-5-10-17(14)26-3)20-15(22-13)8-6-9-16(20)23/h4-5,7,10,19-20H,6,8-9,11-12H2,1-3H3. The molecule has 2 atom stereocenters. The lowest BCUT2D eigenvalue weighted by Crippen LogP contribution is -2.39. The van der Waals surface area contributed by atoms with Crippen molar-refractivity contribution in [2.45, 2.75) is 32.1 Å². The Hall–Kier alpha value is -2.47. The topological polar surface area (TPSA) is 74.2 Å². The minimum Gasteiger partial charge on any atom is -0.496 e. The van der Waals surface area contributed by atoms with Crippen molar-refractivity contribution in [1.29, 1.82) is 0 Å². The van der Waals surface area contributed by atoms with E-state index >= 15 is 0 Å². The molecule has 0 spiro atoms. The molecule has 1 aromatic carbocycles. The second kappa shape index (κ2) is 8.48. The minimum atomic E-state index is -0.457. The second-order valence-electron chi connectivity index (χ2n) is 6.75. The number of hydrogen-bond acceptors (Lipinski definition) is 6. The van der Waals surface area contributed by atoms with Crippen molar-refractivity contribution in [2.24, 2.45) is 10.9 Å². The molecule has 1 saturated carbocycles. The summed E-state index contributed by atoms with van der Waals surface area (Å²) in [5.74, 6) is -0.579. The van der Waals surface area contributed by atoms with Crippen LogP contribution in [0.2, 0.25) is 0 Å². The predicted molar refractivity (Wildman–Crippen MR) is 101 cm³/mol. The van der Waals surface area contributed by atoms with Crippen LogP contribution in [0.3, 0.4) is 0 Å². The molecule has 1 aliphatic heterocycles. The molecule has 3 rings (SSSR count). The number of Topliss-reactive ketones (excluding diaryl/α,β-unsaturated/α-hetero) is 1. The van der Waals surface area contributed by atoms with Gasteiger partial charge in [0, 0.05) is 36.4 Å². The number of carbonyl (C=O) groups is 2. The van der Waals surface area contributed by atoms with E-state index in [4.69, 9.17) is 14.2 Å². The van der Waals surface area contributed by atoms with Crippen LogP contribution in [0.5, 0.6) is 5.75 Å². The van der Waals surface area contributed by atoms with Crippen molar-refractivity contribution in [3.63, 3.8) is 0 Å². The summed E-state index contributed by atoms with van der Waals surface area (Å²) in [6.07, 6.45) is 2.07. The van der Waals surface area contributed by atoms with Crippen molar-refractivity contribution in [1.82, 2.24) is 0 Å². The highest BCUT2D eigenvalue weighted by Crippen LogP contribution is 2.45. The van der Waals surface area contributed by atoms with Crippen molar-refractivity contribution in [3.05, 3.63) is 41.1 Å². The molecule has 27 heavy (non-hydrogen) atoms. The average Bonchev–Trinajstić information content (AvgIpc) is 2.67. The van der Waals surface area contributed by atoms with Crippen molar-refractivity contribution in [2.75, 3.05) is 27.4 Å². The third-order valence-corrected chi connectivity index (χ3v) is 5.12. The highest BCUT2D eigenvalue weighted by Gasteiger charge is 2.44. The van der Waals surface area contributed by atoms with Gasteiger partial charge in [0.15, 0.2) is 0 Å². The first-order valence-electron chi connectivity index (χ1n) is 9.18. The van der Waals surface area contributed by atoms with Crippen LogP contribution in [0.15, 0.2) is 40.5 Å². The van der Waals surface area contributed by atoms with Crippen LogP contribution in [-0.2, 0) is 19.1 Å². The van der Waals surface area contributed by atoms with E-state index < -0.39 is 17.8 Å². The fraction of sp³-hybridized carbons (Fsp3) is 0.476. The number of ether oxygens (including phenoxy) is 3. The minimum absolute atomic E-state index is 0.116. The number of para-hydroxylation sites is 1. The van der Waals surface area contributed by atoms with E-state index in [1.165, 1.54) is 0 Å². The zero-order chi connectivity index (χ0) is 19.4. The number of ketones is 1. The molecule has 0 aromatic heterocycles. The van der Waals surface area contributed by atoms with Gasteiger partial charge in [-0.1, -0.05) is 18.2 Å². The second-order valence-corrected chi connectivity index (χ2v) is 6.75. The number of methoxy groups -OCH3 is 2. The van der Waals surface area contributed by atoms with Gasteiger partial charge in [0.25, 0.3) is 0 Å². The van der Waals surface area contributed by atoms with Gasteiger partial charge in [-0.2, -0.15) is 0 Å². The number of hydrogen-bond donors (Lipinski definition) is 0. The maximum atomic E-state index is 12.9. The monoisotopic (exact) mass is 371 g/mol. The highest BCUT2D eigenvalue weighted by molar-refractivity contribution is 6.11. The van der Waals surface area contributed by atoms with Crippen LogP contribution >= 0.6 is 0 Å². The number of carbonyl (C=O) groups excluding carboxylic acids is 2. The fourth-order valence-corrected chi connectivity index (χ4v) is 3.94. The Morgan fingerprint density at radius 3 is 2.67 bits per heavy atom. The number of esters is 1. The predicted octanol–water partition coefficient (Wildman–Crippen LogP) is 3.07. The Morgan fingerprint density at radius 2 is 1.93 bits per heavy atom. The van der Waals surface area contributed by atoms with Crippen LogP contribution in [0.4, 0.5) is 0 Å². The Labute approximate surface area is 159 Å². The largest absolute Gasteiger partial charge is 0.496 e. The van der Waals surface area contributed by atoms with E-state index in [1.807, 2.05) is 24.3 Å². The Bertz CT molecular complexity index is 796. The highest BCUT2D eigenvalue weighted by atomic mass is 16.6. The molecule has 2 aliphatic rings. The summed E-state index contributed by atoms with van der Waals surface area (Å²) < 4.78 is 15.9. The molecule has 6 nitrogen and oxygen atoms in total. The molecule has 0 saturated heterocycles. The summed E-state index contributed by atoms with van der Waals surface area (Å²) in [6.45, 7) is 2.27. The molecule has 0 amide bonds. The molecule has 0 bridgehead atoms. The van der Waals surface area contributed by atoms with Gasteiger partial charge in [-0.3, -0.25) is 9.79 Å². The lowest BCUT2D eigenvalue weighted by molar-refractivity contribution is -0.140. The molecule has 1 heterocycles. The van der Waals surface area contributed by atoms with E-state index in [0.717, 1.165) is 24.1 Å². The van der Waals surface area contributed by atoms with Crippen molar-refractivity contribution in [3.8, 4) is 5.75 Å². The molecular weight excluding hydrogens is 346 g/mol. The maximum Gasteiger partial charge on any atom is 0.336 e. The van der Waals surface area contributed by atoms with Crippen LogP contribution in [0, 0.1) is 5.92 Å².